The Morgan fingerprint density at radius 1 is 0.761 bits per heavy atom. The van der Waals surface area contributed by atoms with E-state index in [2.05, 4.69) is 46.3 Å². The molecule has 0 aromatic heterocycles. The first-order valence-electron chi connectivity index (χ1n) is 16.4. The molecule has 0 spiro atoms. The van der Waals surface area contributed by atoms with Crippen molar-refractivity contribution in [3.8, 4) is 28.7 Å². The molecule has 1 N–H and O–H groups in total. The van der Waals surface area contributed by atoms with Gasteiger partial charge in [-0.2, -0.15) is 0 Å². The molecule has 246 valence electrons. The van der Waals surface area contributed by atoms with Crippen molar-refractivity contribution in [3.05, 3.63) is 70.8 Å². The predicted octanol–water partition coefficient (Wildman–Crippen LogP) is 7.06. The third-order valence-corrected chi connectivity index (χ3v) is 10.8. The fourth-order valence-electron chi connectivity index (χ4n) is 7.94. The molecule has 6 rings (SSSR count). The van der Waals surface area contributed by atoms with Crippen LogP contribution in [0.1, 0.15) is 60.5 Å². The highest BCUT2D eigenvalue weighted by atomic mass is 32.1. The molecule has 0 amide bonds. The number of ether oxygens (including phenoxy) is 5. The van der Waals surface area contributed by atoms with Gasteiger partial charge < -0.3 is 33.9 Å². The van der Waals surface area contributed by atoms with Crippen LogP contribution in [0.15, 0.2) is 48.5 Å². The highest BCUT2D eigenvalue weighted by Gasteiger charge is 2.41. The first-order chi connectivity index (χ1) is 22.4. The Balaban J connectivity index is 1.34. The zero-order valence-corrected chi connectivity index (χ0v) is 28.7. The predicted molar refractivity (Wildman–Crippen MR) is 186 cm³/mol. The zero-order valence-electron chi connectivity index (χ0n) is 27.9. The van der Waals surface area contributed by atoms with Crippen LogP contribution in [0.4, 0.5) is 5.69 Å². The summed E-state index contributed by atoms with van der Waals surface area (Å²) in [5, 5.41) is 4.27. The summed E-state index contributed by atoms with van der Waals surface area (Å²) >= 11 is 6.15. The minimum atomic E-state index is 0.0980. The maximum atomic E-state index is 6.15. The normalized spacial score (nSPS) is 22.2. The molecule has 3 heterocycles. The summed E-state index contributed by atoms with van der Waals surface area (Å²) in [4.78, 5) is 5.10. The van der Waals surface area contributed by atoms with E-state index in [1.807, 2.05) is 24.3 Å². The van der Waals surface area contributed by atoms with Gasteiger partial charge in [0.2, 0.25) is 0 Å². The van der Waals surface area contributed by atoms with Gasteiger partial charge in [-0.25, -0.2) is 0 Å². The monoisotopic (exact) mass is 645 g/mol. The van der Waals surface area contributed by atoms with Crippen LogP contribution in [-0.4, -0.2) is 70.1 Å². The van der Waals surface area contributed by atoms with E-state index in [0.29, 0.717) is 17.9 Å². The van der Waals surface area contributed by atoms with Crippen molar-refractivity contribution in [2.24, 2.45) is 11.8 Å². The van der Waals surface area contributed by atoms with Crippen molar-refractivity contribution >= 4 is 23.0 Å². The zero-order chi connectivity index (χ0) is 32.4. The van der Waals surface area contributed by atoms with Crippen LogP contribution in [0.5, 0.6) is 28.7 Å². The quantitative estimate of drug-likeness (QED) is 0.247. The van der Waals surface area contributed by atoms with Gasteiger partial charge in [0.25, 0.3) is 0 Å². The number of anilines is 1. The van der Waals surface area contributed by atoms with Crippen molar-refractivity contribution in [2.75, 3.05) is 60.5 Å². The smallest absolute Gasteiger partial charge is 0.173 e. The van der Waals surface area contributed by atoms with Crippen LogP contribution >= 0.6 is 12.2 Å². The Hall–Kier alpha value is -3.69. The molecule has 1 fully saturated rings. The van der Waals surface area contributed by atoms with E-state index >= 15 is 0 Å². The van der Waals surface area contributed by atoms with Crippen LogP contribution in [0, 0.1) is 11.8 Å². The van der Waals surface area contributed by atoms with Crippen LogP contribution < -0.4 is 29.0 Å². The molecule has 8 nitrogen and oxygen atoms in total. The van der Waals surface area contributed by atoms with Crippen LogP contribution in [0.25, 0.3) is 0 Å². The van der Waals surface area contributed by atoms with Crippen molar-refractivity contribution < 1.29 is 23.7 Å². The van der Waals surface area contributed by atoms with Crippen molar-refractivity contribution in [2.45, 2.75) is 51.1 Å². The topological polar surface area (TPSA) is 64.7 Å². The standard InChI is InChI=1S/C37H47N3O5S/c1-7-23-22-39-14-12-24-18-33(42-3)35(44-5)20-29(24)31(39)16-26(23)17-32-30-21-36(45-6)34(43-4)19-25(30)13-15-40(32)37(46)38-27-8-10-28(41-2)11-9-27/h8-11,18-21,23,26,31-32H,7,12-17,22H2,1-6H3,(H,38,46). The van der Waals surface area contributed by atoms with E-state index in [0.717, 1.165) is 91.3 Å². The maximum absolute atomic E-state index is 6.15. The van der Waals surface area contributed by atoms with E-state index in [1.165, 1.54) is 22.3 Å². The van der Waals surface area contributed by atoms with Gasteiger partial charge in [0, 0.05) is 31.4 Å². The number of hydrogen-bond donors (Lipinski definition) is 1. The Morgan fingerprint density at radius 3 is 1.96 bits per heavy atom. The molecule has 3 aromatic rings. The van der Waals surface area contributed by atoms with E-state index in [4.69, 9.17) is 35.9 Å². The average Bonchev–Trinajstić information content (AvgIpc) is 3.10. The van der Waals surface area contributed by atoms with E-state index in [1.54, 1.807) is 35.5 Å². The number of methoxy groups -OCH3 is 5. The molecule has 3 aromatic carbocycles. The molecule has 4 unspecified atom stereocenters. The molecular weight excluding hydrogens is 598 g/mol. The molecule has 46 heavy (non-hydrogen) atoms. The largest absolute Gasteiger partial charge is 0.497 e. The Kier molecular flexibility index (Phi) is 9.80. The molecule has 0 bridgehead atoms. The van der Waals surface area contributed by atoms with E-state index in [-0.39, 0.29) is 6.04 Å². The summed E-state index contributed by atoms with van der Waals surface area (Å²) in [6.07, 6.45) is 5.14. The third-order valence-electron chi connectivity index (χ3n) is 10.4. The fraction of sp³-hybridized carbons (Fsp3) is 0.486. The number of rotatable bonds is 9. The molecule has 0 saturated carbocycles. The molecule has 0 radical (unpaired) electrons. The summed E-state index contributed by atoms with van der Waals surface area (Å²) in [7, 11) is 8.54. The van der Waals surface area contributed by atoms with Gasteiger partial charge in [-0.1, -0.05) is 13.3 Å². The number of piperidine rings is 1. The van der Waals surface area contributed by atoms with E-state index in [9.17, 15) is 0 Å². The van der Waals surface area contributed by atoms with Gasteiger partial charge in [-0.15, -0.1) is 0 Å². The number of hydrogen-bond acceptors (Lipinski definition) is 7. The molecule has 1 saturated heterocycles. The fourth-order valence-corrected chi connectivity index (χ4v) is 8.27. The Labute approximate surface area is 278 Å². The Bertz CT molecular complexity index is 1550. The lowest BCUT2D eigenvalue weighted by molar-refractivity contribution is 0.0379. The van der Waals surface area contributed by atoms with Crippen molar-refractivity contribution in [1.29, 1.82) is 0 Å². The summed E-state index contributed by atoms with van der Waals surface area (Å²) in [5.41, 5.74) is 6.28. The van der Waals surface area contributed by atoms with E-state index < -0.39 is 0 Å². The van der Waals surface area contributed by atoms with Crippen LogP contribution in [0.2, 0.25) is 0 Å². The highest BCUT2D eigenvalue weighted by Crippen LogP contribution is 2.49. The molecule has 4 atom stereocenters. The number of thiocarbonyl (C=S) groups is 1. The lowest BCUT2D eigenvalue weighted by Crippen LogP contribution is -2.48. The minimum Gasteiger partial charge on any atom is -0.497 e. The lowest BCUT2D eigenvalue weighted by Gasteiger charge is -2.49. The average molecular weight is 646 g/mol. The van der Waals surface area contributed by atoms with Crippen molar-refractivity contribution in [3.63, 3.8) is 0 Å². The van der Waals surface area contributed by atoms with Gasteiger partial charge in [-0.3, -0.25) is 4.90 Å². The van der Waals surface area contributed by atoms with Gasteiger partial charge in [0.1, 0.15) is 5.75 Å². The van der Waals surface area contributed by atoms with Gasteiger partial charge in [-0.05, 0) is 121 Å². The summed E-state index contributed by atoms with van der Waals surface area (Å²) < 4.78 is 28.3. The molecular formula is C37H47N3O5S. The van der Waals surface area contributed by atoms with Gasteiger partial charge in [0.15, 0.2) is 28.1 Å². The van der Waals surface area contributed by atoms with Crippen LogP contribution in [0.3, 0.4) is 0 Å². The molecule has 3 aliphatic heterocycles. The lowest BCUT2D eigenvalue weighted by atomic mass is 9.72. The summed E-state index contributed by atoms with van der Waals surface area (Å²) in [5.74, 6) is 5.06. The number of fused-ring (bicyclic) bond motifs is 4. The third kappa shape index (κ3) is 6.19. The first kappa shape index (κ1) is 32.3. The summed E-state index contributed by atoms with van der Waals surface area (Å²) in [6.45, 7) is 5.34. The van der Waals surface area contributed by atoms with Gasteiger partial charge >= 0.3 is 0 Å². The van der Waals surface area contributed by atoms with Crippen molar-refractivity contribution in [1.82, 2.24) is 9.80 Å². The molecule has 9 heteroatoms. The SMILES string of the molecule is CCC1CN2CCc3cc(OC)c(OC)cc3C2CC1CC1c2cc(OC)c(OC)cc2CCN1C(=S)Nc1ccc(OC)cc1. The number of nitrogens with one attached hydrogen (secondary N) is 1. The second kappa shape index (κ2) is 14.0. The highest BCUT2D eigenvalue weighted by molar-refractivity contribution is 7.80. The first-order valence-corrected chi connectivity index (χ1v) is 16.8. The second-order valence-electron chi connectivity index (χ2n) is 12.6. The summed E-state index contributed by atoms with van der Waals surface area (Å²) in [6, 6.07) is 17.1. The Morgan fingerprint density at radius 2 is 1.35 bits per heavy atom. The minimum absolute atomic E-state index is 0.0980. The molecule has 3 aliphatic rings. The second-order valence-corrected chi connectivity index (χ2v) is 13.0. The van der Waals surface area contributed by atoms with Crippen LogP contribution in [-0.2, 0) is 12.8 Å². The maximum Gasteiger partial charge on any atom is 0.173 e. The van der Waals surface area contributed by atoms with Gasteiger partial charge in [0.05, 0.1) is 41.6 Å². The molecule has 0 aliphatic carbocycles. The number of nitrogens with zero attached hydrogens (tertiary/aromatic N) is 2. The number of benzene rings is 3.